The molecular weight excluding hydrogens is 2150 g/mol. The monoisotopic (exact) mass is 2230 g/mol. The van der Waals surface area contributed by atoms with Crippen molar-refractivity contribution in [3.63, 3.8) is 0 Å². The fourth-order valence-electron chi connectivity index (χ4n) is 11.2. The van der Waals surface area contributed by atoms with Gasteiger partial charge in [-0.25, -0.2) is 0 Å². The zero-order chi connectivity index (χ0) is 67.8. The Bertz CT molecular complexity index is 4890. The van der Waals surface area contributed by atoms with Crippen molar-refractivity contribution in [2.45, 2.75) is 54.9 Å². The third-order valence-corrected chi connectivity index (χ3v) is 16.4. The molecule has 0 amide bonds. The minimum Gasteiger partial charge on any atom is -0.305 e. The third-order valence-electron chi connectivity index (χ3n) is 16.4. The number of nitrogens with zero attached hydrogens (tertiary/aromatic N) is 5. The predicted molar refractivity (Wildman–Crippen MR) is 408 cm³/mol. The molecule has 5 aromatic heterocycles. The second-order valence-corrected chi connectivity index (χ2v) is 24.0. The summed E-state index contributed by atoms with van der Waals surface area (Å²) in [4.78, 5) is 22.3. The molecule has 5 heterocycles. The van der Waals surface area contributed by atoms with Crippen LogP contribution < -0.4 is 0 Å². The molecule has 0 fully saturated rings. The first kappa shape index (κ1) is 83.1. The predicted octanol–water partition coefficient (Wildman–Crippen LogP) is 23.5. The molecule has 15 rings (SSSR count). The maximum atomic E-state index is 4.61. The van der Waals surface area contributed by atoms with Crippen molar-refractivity contribution < 1.29 is 101 Å². The Morgan fingerprint density at radius 1 is 0.262 bits per heavy atom. The summed E-state index contributed by atoms with van der Waals surface area (Å²) in [5.74, 6) is 0. The van der Waals surface area contributed by atoms with E-state index >= 15 is 0 Å². The Hall–Kier alpha value is -8.80. The first-order valence-electron chi connectivity index (χ1n) is 33.0. The van der Waals surface area contributed by atoms with Gasteiger partial charge in [0.05, 0.1) is 0 Å². The summed E-state index contributed by atoms with van der Waals surface area (Å²) >= 11 is 0. The van der Waals surface area contributed by atoms with Gasteiger partial charge in [-0.15, -0.1) is 166 Å². The Kier molecular flexibility index (Phi) is 34.5. The third kappa shape index (κ3) is 24.4. The average Bonchev–Trinajstić information content (AvgIpc) is 0.851. The first-order valence-corrected chi connectivity index (χ1v) is 33.0. The van der Waals surface area contributed by atoms with Gasteiger partial charge < -0.3 is 24.9 Å². The first-order chi connectivity index (χ1) is 48.0. The van der Waals surface area contributed by atoms with E-state index in [9.17, 15) is 0 Å². The number of hydrogen-bond donors (Lipinski definition) is 0. The Labute approximate surface area is 677 Å². The van der Waals surface area contributed by atoms with Crippen molar-refractivity contribution in [2.75, 3.05) is 0 Å². The molecule has 0 bridgehead atoms. The van der Waals surface area contributed by atoms with Gasteiger partial charge in [0.1, 0.15) is 0 Å². The largest absolute Gasteiger partial charge is 0.305 e. The van der Waals surface area contributed by atoms with E-state index in [1.807, 2.05) is 122 Å². The van der Waals surface area contributed by atoms with E-state index in [1.165, 1.54) is 89.0 Å². The van der Waals surface area contributed by atoms with Crippen molar-refractivity contribution in [1.82, 2.24) is 24.9 Å². The van der Waals surface area contributed by atoms with Gasteiger partial charge in [0.2, 0.25) is 0 Å². The van der Waals surface area contributed by atoms with Gasteiger partial charge in [0, 0.05) is 131 Å². The van der Waals surface area contributed by atoms with E-state index in [4.69, 9.17) is 0 Å². The molecule has 5 nitrogen and oxygen atoms in total. The van der Waals surface area contributed by atoms with Gasteiger partial charge in [0.25, 0.3) is 0 Å². The summed E-state index contributed by atoms with van der Waals surface area (Å²) < 4.78 is 0. The number of hydrogen-bond acceptors (Lipinski definition) is 5. The summed E-state index contributed by atoms with van der Waals surface area (Å²) in [5, 5.41) is 0. The minimum absolute atomic E-state index is 0. The molecule has 103 heavy (non-hydrogen) atoms. The van der Waals surface area contributed by atoms with Gasteiger partial charge >= 0.3 is 0 Å². The maximum absolute atomic E-state index is 4.61. The van der Waals surface area contributed by atoms with Crippen LogP contribution in [0, 0.1) is 71.9 Å². The number of pyridine rings is 5. The molecule has 0 aliphatic rings. The minimum atomic E-state index is 0. The van der Waals surface area contributed by atoms with Crippen LogP contribution in [-0.4, -0.2) is 24.9 Å². The second kappa shape index (κ2) is 42.7. The number of aryl methyl sites for hydroxylation is 7. The Morgan fingerprint density at radius 2 is 0.660 bits per heavy atom. The van der Waals surface area contributed by atoms with Gasteiger partial charge in [-0.2, -0.15) is 0 Å². The van der Waals surface area contributed by atoms with E-state index in [1.54, 1.807) is 12.4 Å². The van der Waals surface area contributed by atoms with Crippen LogP contribution >= 0.6 is 0 Å². The van der Waals surface area contributed by atoms with Gasteiger partial charge in [-0.3, -0.25) is 0 Å². The zero-order valence-corrected chi connectivity index (χ0v) is 70.2. The van der Waals surface area contributed by atoms with E-state index < -0.39 is 0 Å². The summed E-state index contributed by atoms with van der Waals surface area (Å²) in [6.07, 6.45) is 8.42. The zero-order valence-electron chi connectivity index (χ0n) is 58.2. The molecular formula is C93H76Ir5N5-5. The Morgan fingerprint density at radius 3 is 1.06 bits per heavy atom. The number of benzene rings is 10. The van der Waals surface area contributed by atoms with Crippen LogP contribution in [0.25, 0.3) is 112 Å². The maximum Gasteiger partial charge on any atom is 0.0268 e. The van der Waals surface area contributed by atoms with Crippen molar-refractivity contribution in [3.05, 3.63) is 391 Å². The van der Waals surface area contributed by atoms with Crippen LogP contribution in [0.5, 0.6) is 0 Å². The fourth-order valence-corrected chi connectivity index (χ4v) is 11.2. The molecule has 523 valence electrons. The van der Waals surface area contributed by atoms with Crippen LogP contribution in [0.4, 0.5) is 0 Å². The summed E-state index contributed by atoms with van der Waals surface area (Å²) in [5.41, 5.74) is 30.7. The van der Waals surface area contributed by atoms with Crippen LogP contribution in [0.1, 0.15) is 46.0 Å². The van der Waals surface area contributed by atoms with Gasteiger partial charge in [0.15, 0.2) is 0 Å². The molecule has 0 aliphatic heterocycles. The van der Waals surface area contributed by atoms with Crippen molar-refractivity contribution in [2.24, 2.45) is 0 Å². The summed E-state index contributed by atoms with van der Waals surface area (Å²) in [6.45, 7) is 14.7. The molecule has 0 N–H and O–H groups in total. The molecule has 15 aromatic rings. The van der Waals surface area contributed by atoms with Crippen molar-refractivity contribution >= 4 is 0 Å². The standard InChI is InChI=1S/4C19H16N.C17H12N.5Ir/c1-14-11-15(2)13-18(12-14)16-6-8-17(9-7-16)19-5-3-4-10-20-19;1-14-11-19(20-13-15(14)2)18-10-6-9-17(12-18)16-7-4-3-5-8-16;1-14-11-15(2)20-19(12-14)18-10-6-9-17(13-18)16-7-4-3-5-8-16;1-2-15-11-12-20-19(13-15)18-10-6-9-17(14-18)16-7-4-3-5-8-16;1-2-6-14(7-3-1)15-9-11-16(12-10-15)17-8-4-5-13-18-17;;;;;/h3-8,10-13H,1-2H3;2*3-9,11-13H,1-2H3;3-9,11-14H,2H2,1H3;1-11,13H;;;;;/q5*-1;;;;;. The molecule has 0 saturated carbocycles. The van der Waals surface area contributed by atoms with Gasteiger partial charge in [-0.1, -0.05) is 239 Å². The summed E-state index contributed by atoms with van der Waals surface area (Å²) in [7, 11) is 0. The van der Waals surface area contributed by atoms with Gasteiger partial charge in [-0.05, 0) is 123 Å². The number of rotatable bonds is 11. The van der Waals surface area contributed by atoms with Crippen LogP contribution in [-0.2, 0) is 107 Å². The van der Waals surface area contributed by atoms with E-state index in [2.05, 4.69) is 291 Å². The van der Waals surface area contributed by atoms with E-state index in [0.29, 0.717) is 0 Å². The van der Waals surface area contributed by atoms with Crippen LogP contribution in [0.2, 0.25) is 0 Å². The number of aromatic nitrogens is 5. The normalized spacial score (nSPS) is 9.93. The topological polar surface area (TPSA) is 64.5 Å². The molecule has 5 radical (unpaired) electrons. The molecule has 0 saturated heterocycles. The average molecular weight is 2220 g/mol. The molecule has 0 unspecified atom stereocenters. The van der Waals surface area contributed by atoms with Crippen molar-refractivity contribution in [1.29, 1.82) is 0 Å². The second-order valence-electron chi connectivity index (χ2n) is 24.0. The SMILES string of the molecule is CCc1ccnc(-c2[c-]ccc(-c3ccccc3)c2)c1.Cc1cc(C)cc(-c2c[c-]c(-c3ccccn3)cc2)c1.Cc1cc(C)nc(-c2[c-]ccc(-c3ccccc3)c2)c1.Cc1cnc(-c2[c-]ccc(-c3ccccc3)c2)cc1C.[Ir].[Ir].[Ir].[Ir].[Ir].[c-]1cc(-c2ccccc2)ccc1-c1ccccn1. The van der Waals surface area contributed by atoms with Crippen LogP contribution in [0.15, 0.2) is 322 Å². The molecule has 10 aromatic carbocycles. The Balaban J connectivity index is 0.000000200. The molecule has 0 atom stereocenters. The fraction of sp³-hybridized carbons (Fsp3) is 0.0860. The smallest absolute Gasteiger partial charge is 0.0268 e. The van der Waals surface area contributed by atoms with Crippen molar-refractivity contribution in [3.8, 4) is 112 Å². The summed E-state index contributed by atoms with van der Waals surface area (Å²) in [6, 6.07) is 118. The van der Waals surface area contributed by atoms with E-state index in [-0.39, 0.29) is 101 Å². The van der Waals surface area contributed by atoms with E-state index in [0.717, 1.165) is 68.4 Å². The molecule has 0 spiro atoms. The molecule has 10 heteroatoms. The quantitative estimate of drug-likeness (QED) is 0.121. The van der Waals surface area contributed by atoms with Crippen LogP contribution in [0.3, 0.4) is 0 Å². The molecule has 0 aliphatic carbocycles.